The van der Waals surface area contributed by atoms with Crippen molar-refractivity contribution < 1.29 is 13.9 Å². The fourth-order valence-corrected chi connectivity index (χ4v) is 3.61. The van der Waals surface area contributed by atoms with Gasteiger partial charge in [-0.05, 0) is 54.5 Å². The minimum atomic E-state index is -0.301. The molecule has 3 heteroatoms. The lowest BCUT2D eigenvalue weighted by molar-refractivity contribution is -0.131. The summed E-state index contributed by atoms with van der Waals surface area (Å²) in [4.78, 5) is 11.7. The average molecular weight is 352 g/mol. The number of aryl methyl sites for hydroxylation is 2. The van der Waals surface area contributed by atoms with Crippen LogP contribution in [0, 0.1) is 6.92 Å². The molecule has 1 aromatic heterocycles. The van der Waals surface area contributed by atoms with Gasteiger partial charge in [0.05, 0.1) is 5.39 Å². The van der Waals surface area contributed by atoms with Crippen LogP contribution >= 0.6 is 0 Å². The first-order valence-electron chi connectivity index (χ1n) is 9.59. The van der Waals surface area contributed by atoms with Gasteiger partial charge in [0.25, 0.3) is 0 Å². The van der Waals surface area contributed by atoms with Crippen molar-refractivity contribution in [1.82, 2.24) is 0 Å². The van der Waals surface area contributed by atoms with Crippen molar-refractivity contribution in [2.24, 2.45) is 0 Å². The number of hydrogen-bond acceptors (Lipinski definition) is 3. The maximum atomic E-state index is 11.7. The fraction of sp³-hybridized carbons (Fsp3) is 0.435. The van der Waals surface area contributed by atoms with Crippen LogP contribution in [-0.4, -0.2) is 5.97 Å². The average Bonchev–Trinajstić information content (AvgIpc) is 2.95. The number of benzene rings is 2. The Hall–Kier alpha value is -2.29. The van der Waals surface area contributed by atoms with Crippen molar-refractivity contribution in [3.8, 4) is 5.75 Å². The van der Waals surface area contributed by atoms with Gasteiger partial charge >= 0.3 is 5.97 Å². The zero-order valence-corrected chi connectivity index (χ0v) is 16.4. The lowest BCUT2D eigenvalue weighted by atomic mass is 9.94. The monoisotopic (exact) mass is 352 g/mol. The Bertz CT molecular complexity index is 947. The third-order valence-electron chi connectivity index (χ3n) is 4.92. The Morgan fingerprint density at radius 2 is 1.92 bits per heavy atom. The Labute approximate surface area is 155 Å². The van der Waals surface area contributed by atoms with Gasteiger partial charge in [-0.15, -0.1) is 0 Å². The molecule has 138 valence electrons. The summed E-state index contributed by atoms with van der Waals surface area (Å²) in [6.45, 7) is 10.1. The van der Waals surface area contributed by atoms with E-state index in [-0.39, 0.29) is 5.97 Å². The van der Waals surface area contributed by atoms with Gasteiger partial charge in [-0.3, -0.25) is 4.79 Å². The Kier molecular flexibility index (Phi) is 5.36. The van der Waals surface area contributed by atoms with E-state index in [0.29, 0.717) is 11.7 Å². The molecule has 0 spiro atoms. The van der Waals surface area contributed by atoms with Gasteiger partial charge in [0.1, 0.15) is 16.9 Å². The van der Waals surface area contributed by atoms with Crippen LogP contribution < -0.4 is 4.74 Å². The lowest BCUT2D eigenvalue weighted by Gasteiger charge is -2.10. The summed E-state index contributed by atoms with van der Waals surface area (Å²) in [5.41, 5.74) is 5.18. The second-order valence-corrected chi connectivity index (χ2v) is 7.45. The van der Waals surface area contributed by atoms with Crippen molar-refractivity contribution in [2.45, 2.75) is 66.2 Å². The van der Waals surface area contributed by atoms with Gasteiger partial charge in [-0.25, -0.2) is 0 Å². The van der Waals surface area contributed by atoms with Crippen molar-refractivity contribution in [3.63, 3.8) is 0 Å². The van der Waals surface area contributed by atoms with E-state index in [0.717, 1.165) is 45.9 Å². The summed E-state index contributed by atoms with van der Waals surface area (Å²) in [5.74, 6) is 0.672. The summed E-state index contributed by atoms with van der Waals surface area (Å²) in [6, 6.07) is 8.39. The number of ether oxygens (including phenoxy) is 1. The van der Waals surface area contributed by atoms with Gasteiger partial charge in [-0.1, -0.05) is 45.7 Å². The van der Waals surface area contributed by atoms with Crippen molar-refractivity contribution in [1.29, 1.82) is 0 Å². The molecule has 26 heavy (non-hydrogen) atoms. The summed E-state index contributed by atoms with van der Waals surface area (Å²) in [6.07, 6.45) is 4.46. The maximum Gasteiger partial charge on any atom is 0.308 e. The molecular weight excluding hydrogens is 324 g/mol. The summed E-state index contributed by atoms with van der Waals surface area (Å²) in [5, 5.41) is 1.99. The normalized spacial score (nSPS) is 11.6. The SMILES string of the molecule is CCCCCc1cc(OC(C)=O)c2c(c1)oc1c(C)ccc(C(C)C)c12. The highest BCUT2D eigenvalue weighted by molar-refractivity contribution is 6.11. The second-order valence-electron chi connectivity index (χ2n) is 7.45. The van der Waals surface area contributed by atoms with E-state index in [9.17, 15) is 4.79 Å². The molecule has 0 radical (unpaired) electrons. The largest absolute Gasteiger partial charge is 0.456 e. The molecule has 0 saturated heterocycles. The number of hydrogen-bond donors (Lipinski definition) is 0. The van der Waals surface area contributed by atoms with Crippen molar-refractivity contribution in [3.05, 3.63) is 41.0 Å². The number of unbranched alkanes of at least 4 members (excludes halogenated alkanes) is 2. The first-order chi connectivity index (χ1) is 12.4. The first-order valence-corrected chi connectivity index (χ1v) is 9.59. The van der Waals surface area contributed by atoms with Gasteiger partial charge in [0, 0.05) is 12.3 Å². The standard InChI is InChI=1S/C23H28O3/c1-6-7-8-9-17-12-19(25-16(5)24)22-20(13-17)26-23-15(4)10-11-18(14(2)3)21(22)23/h10-14H,6-9H2,1-5H3. The van der Waals surface area contributed by atoms with Gasteiger partial charge in [0.15, 0.2) is 0 Å². The Morgan fingerprint density at radius 1 is 1.15 bits per heavy atom. The van der Waals surface area contributed by atoms with E-state index in [1.165, 1.54) is 25.3 Å². The van der Waals surface area contributed by atoms with Crippen LogP contribution in [0.5, 0.6) is 5.75 Å². The molecule has 3 nitrogen and oxygen atoms in total. The minimum Gasteiger partial charge on any atom is -0.456 e. The highest BCUT2D eigenvalue weighted by Crippen LogP contribution is 2.41. The minimum absolute atomic E-state index is 0.301. The summed E-state index contributed by atoms with van der Waals surface area (Å²) in [7, 11) is 0. The van der Waals surface area contributed by atoms with Gasteiger partial charge in [0.2, 0.25) is 0 Å². The molecule has 0 aliphatic rings. The predicted octanol–water partition coefficient (Wildman–Crippen LogP) is 6.68. The van der Waals surface area contributed by atoms with E-state index < -0.39 is 0 Å². The van der Waals surface area contributed by atoms with E-state index in [4.69, 9.17) is 9.15 Å². The van der Waals surface area contributed by atoms with Gasteiger partial charge < -0.3 is 9.15 Å². The highest BCUT2D eigenvalue weighted by Gasteiger charge is 2.20. The number of furan rings is 1. The highest BCUT2D eigenvalue weighted by atomic mass is 16.5. The van der Waals surface area contributed by atoms with Crippen LogP contribution in [0.25, 0.3) is 21.9 Å². The molecular formula is C23H28O3. The molecule has 0 fully saturated rings. The number of carbonyl (C=O) groups is 1. The Morgan fingerprint density at radius 3 is 2.58 bits per heavy atom. The summed E-state index contributed by atoms with van der Waals surface area (Å²) < 4.78 is 11.9. The van der Waals surface area contributed by atoms with Crippen LogP contribution in [0.15, 0.2) is 28.7 Å². The third-order valence-corrected chi connectivity index (χ3v) is 4.92. The van der Waals surface area contributed by atoms with Crippen molar-refractivity contribution in [2.75, 3.05) is 0 Å². The molecule has 3 rings (SSSR count). The molecule has 0 unspecified atom stereocenters. The summed E-state index contributed by atoms with van der Waals surface area (Å²) >= 11 is 0. The smallest absolute Gasteiger partial charge is 0.308 e. The number of fused-ring (bicyclic) bond motifs is 3. The number of esters is 1. The van der Waals surface area contributed by atoms with Crippen molar-refractivity contribution >= 4 is 27.9 Å². The molecule has 0 amide bonds. The second kappa shape index (κ2) is 7.53. The molecule has 0 bridgehead atoms. The zero-order chi connectivity index (χ0) is 18.8. The fourth-order valence-electron chi connectivity index (χ4n) is 3.61. The molecule has 3 aromatic rings. The molecule has 0 aliphatic carbocycles. The predicted molar refractivity (Wildman–Crippen MR) is 107 cm³/mol. The van der Waals surface area contributed by atoms with Crippen LogP contribution in [-0.2, 0) is 11.2 Å². The number of carbonyl (C=O) groups excluding carboxylic acids is 1. The van der Waals surface area contributed by atoms with Crippen LogP contribution in [0.1, 0.15) is 69.6 Å². The molecule has 1 heterocycles. The number of rotatable bonds is 6. The lowest BCUT2D eigenvalue weighted by Crippen LogP contribution is -2.02. The zero-order valence-electron chi connectivity index (χ0n) is 16.4. The first kappa shape index (κ1) is 18.5. The molecule has 0 saturated carbocycles. The third kappa shape index (κ3) is 3.48. The van der Waals surface area contributed by atoms with Crippen LogP contribution in [0.4, 0.5) is 0 Å². The molecule has 0 aliphatic heterocycles. The van der Waals surface area contributed by atoms with Crippen LogP contribution in [0.2, 0.25) is 0 Å². The van der Waals surface area contributed by atoms with E-state index in [1.54, 1.807) is 0 Å². The topological polar surface area (TPSA) is 39.4 Å². The molecule has 0 atom stereocenters. The quantitative estimate of drug-likeness (QED) is 0.282. The van der Waals surface area contributed by atoms with Gasteiger partial charge in [-0.2, -0.15) is 0 Å². The molecule has 0 N–H and O–H groups in total. The van der Waals surface area contributed by atoms with Crippen LogP contribution in [0.3, 0.4) is 0 Å². The molecule has 2 aromatic carbocycles. The Balaban J connectivity index is 2.28. The maximum absolute atomic E-state index is 11.7. The van der Waals surface area contributed by atoms with E-state index >= 15 is 0 Å². The van der Waals surface area contributed by atoms with E-state index in [1.807, 2.05) is 6.07 Å². The van der Waals surface area contributed by atoms with E-state index in [2.05, 4.69) is 45.9 Å².